The van der Waals surface area contributed by atoms with E-state index in [2.05, 4.69) is 57.1 Å². The molecule has 0 amide bonds. The highest BCUT2D eigenvalue weighted by Gasteiger charge is 2.49. The molecule has 1 aliphatic rings. The Labute approximate surface area is 123 Å². The first-order valence-electron chi connectivity index (χ1n) is 7.61. The van der Waals surface area contributed by atoms with Crippen LogP contribution < -0.4 is 5.32 Å². The van der Waals surface area contributed by atoms with Crippen molar-refractivity contribution in [1.82, 2.24) is 10.3 Å². The van der Waals surface area contributed by atoms with Crippen LogP contribution >= 0.6 is 0 Å². The first-order chi connectivity index (χ1) is 9.25. The number of nitrogens with zero attached hydrogens (tertiary/aromatic N) is 1. The SMILES string of the molecule is CCNC(c1ccnc(C)c1)C1CC(C)(C)OC1(C)C. The average molecular weight is 276 g/mol. The molecule has 0 spiro atoms. The molecule has 1 aromatic heterocycles. The average Bonchev–Trinajstić information content (AvgIpc) is 2.54. The van der Waals surface area contributed by atoms with Gasteiger partial charge in [-0.15, -0.1) is 0 Å². The lowest BCUT2D eigenvalue weighted by molar-refractivity contribution is -0.0778. The van der Waals surface area contributed by atoms with Gasteiger partial charge in [-0.25, -0.2) is 0 Å². The molecular weight excluding hydrogens is 248 g/mol. The molecule has 3 nitrogen and oxygen atoms in total. The first kappa shape index (κ1) is 15.5. The summed E-state index contributed by atoms with van der Waals surface area (Å²) in [5.74, 6) is 0.458. The van der Waals surface area contributed by atoms with Gasteiger partial charge in [0.15, 0.2) is 0 Å². The van der Waals surface area contributed by atoms with Crippen LogP contribution in [0.5, 0.6) is 0 Å². The quantitative estimate of drug-likeness (QED) is 0.911. The summed E-state index contributed by atoms with van der Waals surface area (Å²) in [6.07, 6.45) is 2.97. The van der Waals surface area contributed by atoms with Gasteiger partial charge in [-0.2, -0.15) is 0 Å². The van der Waals surface area contributed by atoms with Gasteiger partial charge in [0.25, 0.3) is 0 Å². The van der Waals surface area contributed by atoms with Gasteiger partial charge >= 0.3 is 0 Å². The van der Waals surface area contributed by atoms with Crippen LogP contribution in [0.15, 0.2) is 18.3 Å². The summed E-state index contributed by atoms with van der Waals surface area (Å²) in [5.41, 5.74) is 2.22. The monoisotopic (exact) mass is 276 g/mol. The van der Waals surface area contributed by atoms with Gasteiger partial charge in [0, 0.05) is 23.9 Å². The van der Waals surface area contributed by atoms with E-state index in [1.165, 1.54) is 5.56 Å². The number of aryl methyl sites for hydroxylation is 1. The van der Waals surface area contributed by atoms with Gasteiger partial charge in [0.2, 0.25) is 0 Å². The Kier molecular flexibility index (Phi) is 4.22. The maximum atomic E-state index is 6.27. The van der Waals surface area contributed by atoms with Crippen LogP contribution in [0.4, 0.5) is 0 Å². The van der Waals surface area contributed by atoms with E-state index in [1.807, 2.05) is 13.1 Å². The second-order valence-electron chi connectivity index (χ2n) is 7.04. The Morgan fingerprint density at radius 1 is 1.40 bits per heavy atom. The minimum atomic E-state index is -0.118. The van der Waals surface area contributed by atoms with E-state index in [9.17, 15) is 0 Å². The fourth-order valence-corrected chi connectivity index (χ4v) is 3.60. The maximum absolute atomic E-state index is 6.27. The molecule has 0 aromatic carbocycles. The Morgan fingerprint density at radius 2 is 2.10 bits per heavy atom. The van der Waals surface area contributed by atoms with E-state index >= 15 is 0 Å². The number of aromatic nitrogens is 1. The van der Waals surface area contributed by atoms with E-state index in [0.717, 1.165) is 18.7 Å². The van der Waals surface area contributed by atoms with Crippen molar-refractivity contribution in [2.45, 2.75) is 65.2 Å². The number of hydrogen-bond donors (Lipinski definition) is 1. The zero-order valence-corrected chi connectivity index (χ0v) is 13.7. The number of ether oxygens (including phenoxy) is 1. The maximum Gasteiger partial charge on any atom is 0.0681 e. The normalized spacial score (nSPS) is 25.6. The molecule has 0 bridgehead atoms. The van der Waals surface area contributed by atoms with E-state index in [0.29, 0.717) is 12.0 Å². The summed E-state index contributed by atoms with van der Waals surface area (Å²) in [6, 6.07) is 4.63. The minimum absolute atomic E-state index is 0.0517. The predicted octanol–water partition coefficient (Wildman–Crippen LogP) is 3.63. The molecule has 112 valence electrons. The number of pyridine rings is 1. The summed E-state index contributed by atoms with van der Waals surface area (Å²) < 4.78 is 6.27. The Bertz CT molecular complexity index is 468. The van der Waals surface area contributed by atoms with Crippen LogP contribution in [0, 0.1) is 12.8 Å². The smallest absolute Gasteiger partial charge is 0.0681 e. The van der Waals surface area contributed by atoms with Crippen molar-refractivity contribution in [2.24, 2.45) is 5.92 Å². The molecule has 0 radical (unpaired) electrons. The molecule has 1 aliphatic heterocycles. The molecule has 1 saturated heterocycles. The zero-order valence-electron chi connectivity index (χ0n) is 13.7. The van der Waals surface area contributed by atoms with Gasteiger partial charge in [0.05, 0.1) is 11.2 Å². The van der Waals surface area contributed by atoms with Crippen LogP contribution in [0.1, 0.15) is 58.3 Å². The molecule has 0 aliphatic carbocycles. The van der Waals surface area contributed by atoms with Gasteiger partial charge in [-0.05, 0) is 65.3 Å². The third-order valence-electron chi connectivity index (χ3n) is 4.25. The van der Waals surface area contributed by atoms with Gasteiger partial charge < -0.3 is 10.1 Å². The molecular formula is C17H28N2O. The number of hydrogen-bond acceptors (Lipinski definition) is 3. The van der Waals surface area contributed by atoms with Crippen molar-refractivity contribution in [2.75, 3.05) is 6.54 Å². The molecule has 20 heavy (non-hydrogen) atoms. The largest absolute Gasteiger partial charge is 0.369 e. The van der Waals surface area contributed by atoms with Crippen molar-refractivity contribution in [3.8, 4) is 0 Å². The van der Waals surface area contributed by atoms with Crippen molar-refractivity contribution in [3.63, 3.8) is 0 Å². The van der Waals surface area contributed by atoms with E-state index in [1.54, 1.807) is 0 Å². The molecule has 0 saturated carbocycles. The standard InChI is InChI=1S/C17H28N2O/c1-7-18-15(13-8-9-19-12(2)10-13)14-11-16(3,4)20-17(14,5)6/h8-10,14-15,18H,7,11H2,1-6H3. The highest BCUT2D eigenvalue weighted by molar-refractivity contribution is 5.22. The van der Waals surface area contributed by atoms with Gasteiger partial charge in [-0.3, -0.25) is 4.98 Å². The summed E-state index contributed by atoms with van der Waals surface area (Å²) in [7, 11) is 0. The molecule has 1 N–H and O–H groups in total. The molecule has 2 unspecified atom stereocenters. The lowest BCUT2D eigenvalue weighted by Crippen LogP contribution is -2.38. The van der Waals surface area contributed by atoms with Crippen molar-refractivity contribution in [1.29, 1.82) is 0 Å². The fraction of sp³-hybridized carbons (Fsp3) is 0.706. The van der Waals surface area contributed by atoms with E-state index in [-0.39, 0.29) is 11.2 Å². The highest BCUT2D eigenvalue weighted by Crippen LogP contribution is 2.47. The molecule has 1 aromatic rings. The second kappa shape index (κ2) is 5.45. The third-order valence-corrected chi connectivity index (χ3v) is 4.25. The van der Waals surface area contributed by atoms with Crippen LogP contribution in [-0.4, -0.2) is 22.7 Å². The Hall–Kier alpha value is -0.930. The molecule has 3 heteroatoms. The first-order valence-corrected chi connectivity index (χ1v) is 7.61. The summed E-state index contributed by atoms with van der Waals surface area (Å²) in [5, 5.41) is 3.65. The second-order valence-corrected chi connectivity index (χ2v) is 7.04. The zero-order chi connectivity index (χ0) is 15.0. The summed E-state index contributed by atoms with van der Waals surface area (Å²) in [6.45, 7) is 14.0. The fourth-order valence-electron chi connectivity index (χ4n) is 3.60. The van der Waals surface area contributed by atoms with Crippen LogP contribution in [0.25, 0.3) is 0 Å². The van der Waals surface area contributed by atoms with Gasteiger partial charge in [0.1, 0.15) is 0 Å². The molecule has 1 fully saturated rings. The third kappa shape index (κ3) is 3.21. The Balaban J connectivity index is 2.34. The lowest BCUT2D eigenvalue weighted by atomic mass is 9.79. The number of rotatable bonds is 4. The van der Waals surface area contributed by atoms with E-state index < -0.39 is 0 Å². The minimum Gasteiger partial charge on any atom is -0.369 e. The number of nitrogens with one attached hydrogen (secondary N) is 1. The van der Waals surface area contributed by atoms with Crippen molar-refractivity contribution in [3.05, 3.63) is 29.6 Å². The van der Waals surface area contributed by atoms with Crippen LogP contribution in [0.3, 0.4) is 0 Å². The predicted molar refractivity (Wildman–Crippen MR) is 82.7 cm³/mol. The van der Waals surface area contributed by atoms with Crippen molar-refractivity contribution < 1.29 is 4.74 Å². The molecule has 2 atom stereocenters. The highest BCUT2D eigenvalue weighted by atomic mass is 16.5. The summed E-state index contributed by atoms with van der Waals surface area (Å²) in [4.78, 5) is 4.31. The van der Waals surface area contributed by atoms with Crippen molar-refractivity contribution >= 4 is 0 Å². The topological polar surface area (TPSA) is 34.2 Å². The van der Waals surface area contributed by atoms with Crippen LogP contribution in [-0.2, 0) is 4.74 Å². The lowest BCUT2D eigenvalue weighted by Gasteiger charge is -2.33. The van der Waals surface area contributed by atoms with E-state index in [4.69, 9.17) is 4.74 Å². The van der Waals surface area contributed by atoms with Gasteiger partial charge in [-0.1, -0.05) is 6.92 Å². The summed E-state index contributed by atoms with van der Waals surface area (Å²) >= 11 is 0. The Morgan fingerprint density at radius 3 is 2.60 bits per heavy atom. The molecule has 2 rings (SSSR count). The molecule has 2 heterocycles. The van der Waals surface area contributed by atoms with Crippen LogP contribution in [0.2, 0.25) is 0 Å².